The van der Waals surface area contributed by atoms with Crippen molar-refractivity contribution in [1.82, 2.24) is 14.9 Å². The number of hydrogen-bond donors (Lipinski definition) is 0. The van der Waals surface area contributed by atoms with Crippen LogP contribution in [0.2, 0.25) is 0 Å². The number of anilines is 1. The summed E-state index contributed by atoms with van der Waals surface area (Å²) in [4.78, 5) is 24.5. The van der Waals surface area contributed by atoms with Crippen molar-refractivity contribution >= 4 is 11.7 Å². The molecule has 5 nitrogen and oxygen atoms in total. The molecule has 0 saturated carbocycles. The summed E-state index contributed by atoms with van der Waals surface area (Å²) in [6.45, 7) is 1.85. The van der Waals surface area contributed by atoms with E-state index in [1.807, 2.05) is 0 Å². The molecular formula is C15H20F2N4O. The number of halogens is 2. The van der Waals surface area contributed by atoms with Crippen LogP contribution in [0.1, 0.15) is 25.7 Å². The topological polar surface area (TPSA) is 49.3 Å². The Kier molecular flexibility index (Phi) is 4.22. The van der Waals surface area contributed by atoms with Crippen LogP contribution < -0.4 is 4.90 Å². The molecule has 3 rings (SSSR count). The van der Waals surface area contributed by atoms with Gasteiger partial charge in [0.05, 0.1) is 6.20 Å². The van der Waals surface area contributed by atoms with Crippen molar-refractivity contribution < 1.29 is 13.6 Å². The van der Waals surface area contributed by atoms with Crippen LogP contribution in [0.15, 0.2) is 18.6 Å². The Morgan fingerprint density at radius 1 is 1.14 bits per heavy atom. The van der Waals surface area contributed by atoms with Gasteiger partial charge in [-0.3, -0.25) is 9.78 Å². The van der Waals surface area contributed by atoms with E-state index >= 15 is 0 Å². The highest BCUT2D eigenvalue weighted by Gasteiger charge is 2.37. The highest BCUT2D eigenvalue weighted by atomic mass is 19.3. The van der Waals surface area contributed by atoms with Gasteiger partial charge in [-0.1, -0.05) is 0 Å². The Labute approximate surface area is 128 Å². The third-order valence-corrected chi connectivity index (χ3v) is 4.52. The molecule has 22 heavy (non-hydrogen) atoms. The minimum absolute atomic E-state index is 0.0364. The number of piperidine rings is 2. The number of likely N-dealkylation sites (tertiary alicyclic amines) is 1. The molecule has 0 unspecified atom stereocenters. The Hall–Kier alpha value is -1.79. The zero-order valence-electron chi connectivity index (χ0n) is 12.4. The van der Waals surface area contributed by atoms with Crippen LogP contribution in [0.5, 0.6) is 0 Å². The normalized spacial score (nSPS) is 22.6. The van der Waals surface area contributed by atoms with E-state index in [9.17, 15) is 13.6 Å². The molecular weight excluding hydrogens is 290 g/mol. The van der Waals surface area contributed by atoms with Crippen molar-refractivity contribution in [3.05, 3.63) is 18.6 Å². The van der Waals surface area contributed by atoms with E-state index in [0.29, 0.717) is 0 Å². The van der Waals surface area contributed by atoms with Gasteiger partial charge in [0.15, 0.2) is 0 Å². The Bertz CT molecular complexity index is 508. The first-order valence-corrected chi connectivity index (χ1v) is 7.73. The number of aromatic nitrogens is 2. The first-order valence-electron chi connectivity index (χ1n) is 7.73. The minimum Gasteiger partial charge on any atom is -0.355 e. The number of nitrogens with zero attached hydrogens (tertiary/aromatic N) is 4. The van der Waals surface area contributed by atoms with Gasteiger partial charge >= 0.3 is 0 Å². The van der Waals surface area contributed by atoms with E-state index < -0.39 is 5.92 Å². The second-order valence-corrected chi connectivity index (χ2v) is 6.01. The fraction of sp³-hybridized carbons (Fsp3) is 0.667. The van der Waals surface area contributed by atoms with Crippen LogP contribution >= 0.6 is 0 Å². The van der Waals surface area contributed by atoms with Gasteiger partial charge in [-0.25, -0.2) is 13.8 Å². The van der Waals surface area contributed by atoms with E-state index in [0.717, 1.165) is 31.7 Å². The smallest absolute Gasteiger partial charge is 0.251 e. The molecule has 0 radical (unpaired) electrons. The molecule has 120 valence electrons. The van der Waals surface area contributed by atoms with Crippen molar-refractivity contribution in [3.63, 3.8) is 0 Å². The average Bonchev–Trinajstić information content (AvgIpc) is 2.55. The van der Waals surface area contributed by atoms with E-state index in [2.05, 4.69) is 14.9 Å². The van der Waals surface area contributed by atoms with E-state index in [-0.39, 0.29) is 37.8 Å². The zero-order chi connectivity index (χ0) is 15.6. The maximum absolute atomic E-state index is 13.2. The lowest BCUT2D eigenvalue weighted by atomic mass is 9.94. The first-order chi connectivity index (χ1) is 10.6. The SMILES string of the molecule is O=C(C1CCN(c2cnccn2)CC1)N1CCC(F)(F)CC1. The Morgan fingerprint density at radius 3 is 2.41 bits per heavy atom. The third kappa shape index (κ3) is 3.34. The van der Waals surface area contributed by atoms with Gasteiger partial charge in [0.1, 0.15) is 5.82 Å². The standard InChI is InChI=1S/C15H20F2N4O/c16-15(17)3-9-21(10-4-15)14(22)12-1-7-20(8-2-12)13-11-18-5-6-19-13/h5-6,11-12H,1-4,7-10H2. The van der Waals surface area contributed by atoms with Gasteiger partial charge in [0, 0.05) is 57.3 Å². The van der Waals surface area contributed by atoms with Crippen molar-refractivity contribution in [3.8, 4) is 0 Å². The number of carbonyl (C=O) groups is 1. The summed E-state index contributed by atoms with van der Waals surface area (Å²) in [5, 5.41) is 0. The molecule has 2 aliphatic rings. The number of carbonyl (C=O) groups excluding carboxylic acids is 1. The maximum Gasteiger partial charge on any atom is 0.251 e. The molecule has 1 aromatic heterocycles. The number of rotatable bonds is 2. The second kappa shape index (κ2) is 6.14. The van der Waals surface area contributed by atoms with Gasteiger partial charge in [-0.05, 0) is 12.8 Å². The fourth-order valence-electron chi connectivity index (χ4n) is 3.12. The largest absolute Gasteiger partial charge is 0.355 e. The summed E-state index contributed by atoms with van der Waals surface area (Å²) in [7, 11) is 0. The molecule has 0 spiro atoms. The predicted molar refractivity (Wildman–Crippen MR) is 77.7 cm³/mol. The summed E-state index contributed by atoms with van der Waals surface area (Å²) in [5.74, 6) is -1.80. The van der Waals surface area contributed by atoms with Crippen LogP contribution in [0.4, 0.5) is 14.6 Å². The quantitative estimate of drug-likeness (QED) is 0.838. The molecule has 7 heteroatoms. The third-order valence-electron chi connectivity index (χ3n) is 4.52. The molecule has 0 bridgehead atoms. The van der Waals surface area contributed by atoms with Gasteiger partial charge in [0.2, 0.25) is 5.91 Å². The van der Waals surface area contributed by atoms with Gasteiger partial charge in [-0.2, -0.15) is 0 Å². The lowest BCUT2D eigenvalue weighted by molar-refractivity contribution is -0.142. The molecule has 0 aliphatic carbocycles. The zero-order valence-corrected chi connectivity index (χ0v) is 12.4. The molecule has 2 saturated heterocycles. The molecule has 0 N–H and O–H groups in total. The van der Waals surface area contributed by atoms with E-state index in [4.69, 9.17) is 0 Å². The molecule has 1 amide bonds. The monoisotopic (exact) mass is 310 g/mol. The number of hydrogen-bond acceptors (Lipinski definition) is 4. The molecule has 3 heterocycles. The fourth-order valence-corrected chi connectivity index (χ4v) is 3.12. The Morgan fingerprint density at radius 2 is 1.82 bits per heavy atom. The molecule has 2 aliphatic heterocycles. The van der Waals surface area contributed by atoms with E-state index in [1.165, 1.54) is 0 Å². The van der Waals surface area contributed by atoms with Crippen LogP contribution in [-0.2, 0) is 4.79 Å². The molecule has 0 atom stereocenters. The minimum atomic E-state index is -2.61. The van der Waals surface area contributed by atoms with Crippen molar-refractivity contribution in [2.75, 3.05) is 31.1 Å². The second-order valence-electron chi connectivity index (χ2n) is 6.01. The first kappa shape index (κ1) is 15.1. The molecule has 2 fully saturated rings. The Balaban J connectivity index is 1.52. The summed E-state index contributed by atoms with van der Waals surface area (Å²) < 4.78 is 26.3. The highest BCUT2D eigenvalue weighted by Crippen LogP contribution is 2.30. The van der Waals surface area contributed by atoms with Crippen LogP contribution in [0.3, 0.4) is 0 Å². The predicted octanol–water partition coefficient (Wildman–Crippen LogP) is 1.95. The van der Waals surface area contributed by atoms with Gasteiger partial charge in [0.25, 0.3) is 5.92 Å². The maximum atomic E-state index is 13.2. The highest BCUT2D eigenvalue weighted by molar-refractivity contribution is 5.79. The van der Waals surface area contributed by atoms with E-state index in [1.54, 1.807) is 23.5 Å². The molecule has 0 aromatic carbocycles. The van der Waals surface area contributed by atoms with Crippen molar-refractivity contribution in [1.29, 1.82) is 0 Å². The summed E-state index contributed by atoms with van der Waals surface area (Å²) >= 11 is 0. The van der Waals surface area contributed by atoms with Crippen molar-refractivity contribution in [2.45, 2.75) is 31.6 Å². The summed E-state index contributed by atoms with van der Waals surface area (Å²) in [5.41, 5.74) is 0. The lowest BCUT2D eigenvalue weighted by Crippen LogP contribution is -2.47. The number of amides is 1. The van der Waals surface area contributed by atoms with Crippen molar-refractivity contribution in [2.24, 2.45) is 5.92 Å². The van der Waals surface area contributed by atoms with Crippen LogP contribution in [0, 0.1) is 5.92 Å². The molecule has 1 aromatic rings. The van der Waals surface area contributed by atoms with Gasteiger partial charge in [-0.15, -0.1) is 0 Å². The van der Waals surface area contributed by atoms with Crippen LogP contribution in [0.25, 0.3) is 0 Å². The average molecular weight is 310 g/mol. The number of alkyl halides is 2. The lowest BCUT2D eigenvalue weighted by Gasteiger charge is -2.37. The summed E-state index contributed by atoms with van der Waals surface area (Å²) in [6.07, 6.45) is 6.06. The van der Waals surface area contributed by atoms with Crippen LogP contribution in [-0.4, -0.2) is 52.9 Å². The summed E-state index contributed by atoms with van der Waals surface area (Å²) in [6, 6.07) is 0. The van der Waals surface area contributed by atoms with Gasteiger partial charge < -0.3 is 9.80 Å².